The molecular formula is C15H14ClNO2. The number of nitrogens with one attached hydrogen (secondary N) is 1. The summed E-state index contributed by atoms with van der Waals surface area (Å²) in [5.74, 6) is -0.304. The van der Waals surface area contributed by atoms with Crippen LogP contribution in [-0.4, -0.2) is 5.91 Å². The van der Waals surface area contributed by atoms with Crippen LogP contribution in [0.3, 0.4) is 0 Å². The molecule has 1 amide bonds. The molecule has 0 aliphatic carbocycles. The first kappa shape index (κ1) is 13.6. The highest BCUT2D eigenvalue weighted by Crippen LogP contribution is 2.14. The maximum absolute atomic E-state index is 11.8. The lowest BCUT2D eigenvalue weighted by molar-refractivity contribution is 0.0233. The number of carbonyl (C=O) groups excluding carboxylic acids is 1. The van der Waals surface area contributed by atoms with Gasteiger partial charge < -0.3 is 0 Å². The minimum Gasteiger partial charge on any atom is -0.269 e. The number of carbonyl (C=O) groups is 1. The average Bonchev–Trinajstić information content (AvgIpc) is 2.38. The third-order valence-electron chi connectivity index (χ3n) is 2.55. The maximum Gasteiger partial charge on any atom is 0.274 e. The molecule has 0 aliphatic rings. The summed E-state index contributed by atoms with van der Waals surface area (Å²) in [5.41, 5.74) is 4.81. The first-order valence-electron chi connectivity index (χ1n) is 5.88. The molecule has 4 heteroatoms. The SMILES string of the molecule is Cc1cc(Cl)cc(C(=O)NOCc2ccccc2)c1. The van der Waals surface area contributed by atoms with Crippen molar-refractivity contribution in [3.05, 3.63) is 70.2 Å². The minimum absolute atomic E-state index is 0.304. The van der Waals surface area contributed by atoms with Crippen LogP contribution in [0.15, 0.2) is 48.5 Å². The van der Waals surface area contributed by atoms with Crippen LogP contribution < -0.4 is 5.48 Å². The molecule has 0 spiro atoms. The van der Waals surface area contributed by atoms with Crippen molar-refractivity contribution < 1.29 is 9.63 Å². The summed E-state index contributed by atoms with van der Waals surface area (Å²) in [6.07, 6.45) is 0. The van der Waals surface area contributed by atoms with E-state index in [2.05, 4.69) is 5.48 Å². The van der Waals surface area contributed by atoms with Crippen LogP contribution in [0.4, 0.5) is 0 Å². The molecule has 98 valence electrons. The van der Waals surface area contributed by atoms with Crippen molar-refractivity contribution in [2.45, 2.75) is 13.5 Å². The number of benzene rings is 2. The zero-order valence-electron chi connectivity index (χ0n) is 10.5. The Morgan fingerprint density at radius 2 is 1.95 bits per heavy atom. The van der Waals surface area contributed by atoms with Gasteiger partial charge in [-0.15, -0.1) is 0 Å². The van der Waals surface area contributed by atoms with E-state index < -0.39 is 0 Å². The van der Waals surface area contributed by atoms with Crippen molar-refractivity contribution in [3.63, 3.8) is 0 Å². The first-order chi connectivity index (χ1) is 9.15. The zero-order chi connectivity index (χ0) is 13.7. The fourth-order valence-corrected chi connectivity index (χ4v) is 1.98. The average molecular weight is 276 g/mol. The molecule has 0 saturated carbocycles. The van der Waals surface area contributed by atoms with Crippen LogP contribution in [0.1, 0.15) is 21.5 Å². The van der Waals surface area contributed by atoms with Gasteiger partial charge in [-0.1, -0.05) is 41.9 Å². The second kappa shape index (κ2) is 6.36. The summed E-state index contributed by atoms with van der Waals surface area (Å²) in [6.45, 7) is 2.21. The third kappa shape index (κ3) is 4.09. The summed E-state index contributed by atoms with van der Waals surface area (Å²) >= 11 is 5.90. The molecule has 0 atom stereocenters. The van der Waals surface area contributed by atoms with Gasteiger partial charge in [0.25, 0.3) is 5.91 Å². The molecule has 3 nitrogen and oxygen atoms in total. The highest BCUT2D eigenvalue weighted by molar-refractivity contribution is 6.31. The quantitative estimate of drug-likeness (QED) is 0.867. The Morgan fingerprint density at radius 1 is 1.21 bits per heavy atom. The van der Waals surface area contributed by atoms with E-state index in [9.17, 15) is 4.79 Å². The molecule has 0 radical (unpaired) electrons. The molecule has 2 aromatic carbocycles. The lowest BCUT2D eigenvalue weighted by Gasteiger charge is -2.07. The molecule has 0 unspecified atom stereocenters. The summed E-state index contributed by atoms with van der Waals surface area (Å²) in [7, 11) is 0. The molecule has 2 aromatic rings. The monoisotopic (exact) mass is 275 g/mol. The standard InChI is InChI=1S/C15H14ClNO2/c1-11-7-13(9-14(16)8-11)15(18)17-19-10-12-5-3-2-4-6-12/h2-9H,10H2,1H3,(H,17,18). The van der Waals surface area contributed by atoms with Crippen molar-refractivity contribution >= 4 is 17.5 Å². The maximum atomic E-state index is 11.8. The molecule has 0 fully saturated rings. The van der Waals surface area contributed by atoms with Crippen molar-refractivity contribution in [2.75, 3.05) is 0 Å². The van der Waals surface area contributed by atoms with Crippen molar-refractivity contribution in [1.82, 2.24) is 5.48 Å². The predicted octanol–water partition coefficient (Wildman–Crippen LogP) is 3.51. The Kier molecular flexibility index (Phi) is 4.55. The number of hydrogen-bond donors (Lipinski definition) is 1. The number of aryl methyl sites for hydroxylation is 1. The molecule has 0 bridgehead atoms. The lowest BCUT2D eigenvalue weighted by Crippen LogP contribution is -2.23. The van der Waals surface area contributed by atoms with E-state index in [1.807, 2.05) is 37.3 Å². The van der Waals surface area contributed by atoms with E-state index in [0.717, 1.165) is 11.1 Å². The third-order valence-corrected chi connectivity index (χ3v) is 2.77. The molecule has 0 heterocycles. The van der Waals surface area contributed by atoms with E-state index in [4.69, 9.17) is 16.4 Å². The van der Waals surface area contributed by atoms with Crippen LogP contribution in [0.5, 0.6) is 0 Å². The van der Waals surface area contributed by atoms with Crippen LogP contribution in [0.2, 0.25) is 5.02 Å². The zero-order valence-corrected chi connectivity index (χ0v) is 11.3. The largest absolute Gasteiger partial charge is 0.274 e. The molecule has 0 aromatic heterocycles. The Hall–Kier alpha value is -1.84. The van der Waals surface area contributed by atoms with Gasteiger partial charge in [0.2, 0.25) is 0 Å². The predicted molar refractivity (Wildman–Crippen MR) is 74.9 cm³/mol. The second-order valence-corrected chi connectivity index (χ2v) is 4.66. The van der Waals surface area contributed by atoms with Gasteiger partial charge in [0.15, 0.2) is 0 Å². The molecule has 2 rings (SSSR count). The van der Waals surface area contributed by atoms with E-state index in [0.29, 0.717) is 17.2 Å². The highest BCUT2D eigenvalue weighted by atomic mass is 35.5. The van der Waals surface area contributed by atoms with Gasteiger partial charge in [-0.2, -0.15) is 0 Å². The molecule has 0 saturated heterocycles. The number of rotatable bonds is 4. The summed E-state index contributed by atoms with van der Waals surface area (Å²) in [6, 6.07) is 14.8. The van der Waals surface area contributed by atoms with Crippen LogP contribution in [0, 0.1) is 6.92 Å². The Bertz CT molecular complexity index is 549. The molecular weight excluding hydrogens is 262 g/mol. The fraction of sp³-hybridized carbons (Fsp3) is 0.133. The lowest BCUT2D eigenvalue weighted by atomic mass is 10.1. The van der Waals surface area contributed by atoms with Crippen molar-refractivity contribution in [2.24, 2.45) is 0 Å². The summed E-state index contributed by atoms with van der Waals surface area (Å²) < 4.78 is 0. The van der Waals surface area contributed by atoms with E-state index in [1.165, 1.54) is 0 Å². The summed E-state index contributed by atoms with van der Waals surface area (Å²) in [5, 5.41) is 0.535. The normalized spacial score (nSPS) is 10.2. The smallest absolute Gasteiger partial charge is 0.269 e. The van der Waals surface area contributed by atoms with Crippen LogP contribution in [0.25, 0.3) is 0 Å². The summed E-state index contributed by atoms with van der Waals surface area (Å²) in [4.78, 5) is 17.0. The van der Waals surface area contributed by atoms with Crippen LogP contribution in [-0.2, 0) is 11.4 Å². The van der Waals surface area contributed by atoms with Crippen molar-refractivity contribution in [1.29, 1.82) is 0 Å². The van der Waals surface area contributed by atoms with E-state index >= 15 is 0 Å². The highest BCUT2D eigenvalue weighted by Gasteiger charge is 2.07. The van der Waals surface area contributed by atoms with Gasteiger partial charge in [0.1, 0.15) is 0 Å². The Morgan fingerprint density at radius 3 is 2.63 bits per heavy atom. The van der Waals surface area contributed by atoms with Gasteiger partial charge >= 0.3 is 0 Å². The number of amides is 1. The van der Waals surface area contributed by atoms with Gasteiger partial charge in [0.05, 0.1) is 6.61 Å². The van der Waals surface area contributed by atoms with Gasteiger partial charge in [-0.05, 0) is 36.2 Å². The van der Waals surface area contributed by atoms with E-state index in [-0.39, 0.29) is 5.91 Å². The molecule has 19 heavy (non-hydrogen) atoms. The molecule has 1 N–H and O–H groups in total. The van der Waals surface area contributed by atoms with Gasteiger partial charge in [0, 0.05) is 10.6 Å². The molecule has 0 aliphatic heterocycles. The second-order valence-electron chi connectivity index (χ2n) is 4.22. The van der Waals surface area contributed by atoms with Crippen molar-refractivity contribution in [3.8, 4) is 0 Å². The van der Waals surface area contributed by atoms with Gasteiger partial charge in [-0.25, -0.2) is 5.48 Å². The Labute approximate surface area is 117 Å². The fourth-order valence-electron chi connectivity index (χ4n) is 1.69. The topological polar surface area (TPSA) is 38.3 Å². The Balaban J connectivity index is 1.91. The van der Waals surface area contributed by atoms with E-state index in [1.54, 1.807) is 18.2 Å². The first-order valence-corrected chi connectivity index (χ1v) is 6.26. The minimum atomic E-state index is -0.304. The van der Waals surface area contributed by atoms with Gasteiger partial charge in [-0.3, -0.25) is 9.63 Å². The van der Waals surface area contributed by atoms with Crippen LogP contribution >= 0.6 is 11.6 Å². The number of halogens is 1. The number of hydrogen-bond acceptors (Lipinski definition) is 2. The number of hydroxylamine groups is 1.